The van der Waals surface area contributed by atoms with Gasteiger partial charge in [-0.05, 0) is 37.5 Å². The van der Waals surface area contributed by atoms with Gasteiger partial charge < -0.3 is 16.0 Å². The average Bonchev–Trinajstić information content (AvgIpc) is 2.97. The fraction of sp³-hybridized carbons (Fsp3) is 0.933. The molecule has 19 heavy (non-hydrogen) atoms. The van der Waals surface area contributed by atoms with E-state index in [1.54, 1.807) is 0 Å². The molecule has 0 radical (unpaired) electrons. The molecule has 0 spiro atoms. The van der Waals surface area contributed by atoms with Crippen LogP contribution in [0.5, 0.6) is 0 Å². The van der Waals surface area contributed by atoms with Crippen molar-refractivity contribution in [2.24, 2.45) is 11.1 Å². The normalized spacial score (nSPS) is 27.7. The average molecular weight is 267 g/mol. The van der Waals surface area contributed by atoms with Gasteiger partial charge in [-0.15, -0.1) is 0 Å². The second-order valence-electron chi connectivity index (χ2n) is 7.00. The highest BCUT2D eigenvalue weighted by Gasteiger charge is 2.32. The molecule has 0 aromatic heterocycles. The number of amides is 1. The van der Waals surface area contributed by atoms with Crippen LogP contribution in [-0.4, -0.2) is 42.5 Å². The van der Waals surface area contributed by atoms with Crippen molar-refractivity contribution < 1.29 is 4.79 Å². The van der Waals surface area contributed by atoms with Gasteiger partial charge in [0.2, 0.25) is 5.91 Å². The van der Waals surface area contributed by atoms with Gasteiger partial charge in [-0.25, -0.2) is 0 Å². The summed E-state index contributed by atoms with van der Waals surface area (Å²) in [4.78, 5) is 14.1. The molecule has 2 aliphatic rings. The van der Waals surface area contributed by atoms with E-state index in [1.165, 1.54) is 19.3 Å². The molecular formula is C15H29N3O. The maximum atomic E-state index is 12.1. The Bertz CT molecular complexity index is 311. The number of nitrogens with zero attached hydrogens (tertiary/aromatic N) is 1. The molecule has 0 aromatic rings. The minimum atomic E-state index is 0.145. The van der Waals surface area contributed by atoms with Crippen molar-refractivity contribution in [3.05, 3.63) is 0 Å². The molecular weight excluding hydrogens is 238 g/mol. The number of nitrogens with one attached hydrogen (secondary N) is 1. The van der Waals surface area contributed by atoms with E-state index >= 15 is 0 Å². The standard InChI is InChI=1S/C15H29N3O/c1-15(2)6-5-12(10-15)17-13(11-16)9-14(19)18-7-3-4-8-18/h12-13,17H,3-11,16H2,1-2H3. The summed E-state index contributed by atoms with van der Waals surface area (Å²) >= 11 is 0. The Morgan fingerprint density at radius 1 is 1.42 bits per heavy atom. The highest BCUT2D eigenvalue weighted by atomic mass is 16.2. The Balaban J connectivity index is 1.78. The van der Waals surface area contributed by atoms with Crippen LogP contribution in [0.4, 0.5) is 0 Å². The maximum absolute atomic E-state index is 12.1. The summed E-state index contributed by atoms with van der Waals surface area (Å²) < 4.78 is 0. The Labute approximate surface area is 117 Å². The maximum Gasteiger partial charge on any atom is 0.224 e. The van der Waals surface area contributed by atoms with E-state index in [4.69, 9.17) is 5.73 Å². The minimum absolute atomic E-state index is 0.145. The molecule has 2 unspecified atom stereocenters. The van der Waals surface area contributed by atoms with Crippen molar-refractivity contribution >= 4 is 5.91 Å². The number of carbonyl (C=O) groups is 1. The molecule has 2 rings (SSSR count). The lowest BCUT2D eigenvalue weighted by molar-refractivity contribution is -0.130. The van der Waals surface area contributed by atoms with Gasteiger partial charge in [0.25, 0.3) is 0 Å². The van der Waals surface area contributed by atoms with Crippen LogP contribution in [0.25, 0.3) is 0 Å². The summed E-state index contributed by atoms with van der Waals surface area (Å²) in [6.07, 6.45) is 6.55. The van der Waals surface area contributed by atoms with Crippen LogP contribution in [0, 0.1) is 5.41 Å². The molecule has 4 nitrogen and oxygen atoms in total. The lowest BCUT2D eigenvalue weighted by Gasteiger charge is -2.25. The third-order valence-corrected chi connectivity index (χ3v) is 4.60. The fourth-order valence-corrected chi connectivity index (χ4v) is 3.43. The Morgan fingerprint density at radius 2 is 2.11 bits per heavy atom. The predicted molar refractivity (Wildman–Crippen MR) is 77.8 cm³/mol. The fourth-order valence-electron chi connectivity index (χ4n) is 3.43. The molecule has 1 saturated heterocycles. The van der Waals surface area contributed by atoms with Crippen molar-refractivity contribution in [3.8, 4) is 0 Å². The minimum Gasteiger partial charge on any atom is -0.343 e. The van der Waals surface area contributed by atoms with Crippen LogP contribution in [0.1, 0.15) is 52.4 Å². The lowest BCUT2D eigenvalue weighted by atomic mass is 9.91. The number of nitrogens with two attached hydrogens (primary N) is 1. The summed E-state index contributed by atoms with van der Waals surface area (Å²) in [5.74, 6) is 0.276. The largest absolute Gasteiger partial charge is 0.343 e. The predicted octanol–water partition coefficient (Wildman–Crippen LogP) is 1.49. The molecule has 2 atom stereocenters. The lowest BCUT2D eigenvalue weighted by Crippen LogP contribution is -2.45. The summed E-state index contributed by atoms with van der Waals surface area (Å²) in [6.45, 7) is 7.07. The first-order valence-corrected chi connectivity index (χ1v) is 7.74. The van der Waals surface area contributed by atoms with Crippen LogP contribution < -0.4 is 11.1 Å². The molecule has 1 saturated carbocycles. The summed E-state index contributed by atoms with van der Waals surface area (Å²) in [5.41, 5.74) is 6.27. The van der Waals surface area contributed by atoms with Crippen LogP contribution in [0.3, 0.4) is 0 Å². The molecule has 110 valence electrons. The second-order valence-corrected chi connectivity index (χ2v) is 7.00. The van der Waals surface area contributed by atoms with Crippen LogP contribution in [0.2, 0.25) is 0 Å². The van der Waals surface area contributed by atoms with Crippen molar-refractivity contribution in [2.45, 2.75) is 64.5 Å². The van der Waals surface area contributed by atoms with Gasteiger partial charge in [0, 0.05) is 38.1 Å². The molecule has 4 heteroatoms. The van der Waals surface area contributed by atoms with Crippen LogP contribution in [-0.2, 0) is 4.79 Å². The van der Waals surface area contributed by atoms with Crippen molar-refractivity contribution in [1.82, 2.24) is 10.2 Å². The molecule has 1 amide bonds. The smallest absolute Gasteiger partial charge is 0.224 e. The second kappa shape index (κ2) is 6.23. The van der Waals surface area contributed by atoms with Crippen molar-refractivity contribution in [2.75, 3.05) is 19.6 Å². The van der Waals surface area contributed by atoms with Gasteiger partial charge in [-0.1, -0.05) is 13.8 Å². The first-order chi connectivity index (χ1) is 9.00. The molecule has 0 aromatic carbocycles. The van der Waals surface area contributed by atoms with Gasteiger partial charge in [0.05, 0.1) is 0 Å². The highest BCUT2D eigenvalue weighted by molar-refractivity contribution is 5.77. The molecule has 1 aliphatic carbocycles. The van der Waals surface area contributed by atoms with E-state index in [0.29, 0.717) is 24.4 Å². The molecule has 1 heterocycles. The van der Waals surface area contributed by atoms with Gasteiger partial charge in [-0.2, -0.15) is 0 Å². The van der Waals surface area contributed by atoms with Crippen molar-refractivity contribution in [3.63, 3.8) is 0 Å². The first-order valence-electron chi connectivity index (χ1n) is 7.74. The van der Waals surface area contributed by atoms with Gasteiger partial charge in [0.15, 0.2) is 0 Å². The van der Waals surface area contributed by atoms with E-state index in [9.17, 15) is 4.79 Å². The van der Waals surface area contributed by atoms with Gasteiger partial charge >= 0.3 is 0 Å². The first kappa shape index (κ1) is 14.8. The number of rotatable bonds is 5. The zero-order valence-electron chi connectivity index (χ0n) is 12.5. The third kappa shape index (κ3) is 4.18. The number of carbonyl (C=O) groups excluding carboxylic acids is 1. The Morgan fingerprint density at radius 3 is 2.63 bits per heavy atom. The molecule has 3 N–H and O–H groups in total. The zero-order valence-corrected chi connectivity index (χ0v) is 12.5. The van der Waals surface area contributed by atoms with E-state index < -0.39 is 0 Å². The van der Waals surface area contributed by atoms with Crippen LogP contribution in [0.15, 0.2) is 0 Å². The van der Waals surface area contributed by atoms with Gasteiger partial charge in [-0.3, -0.25) is 4.79 Å². The summed E-state index contributed by atoms with van der Waals surface area (Å²) in [7, 11) is 0. The molecule has 1 aliphatic heterocycles. The van der Waals surface area contributed by atoms with E-state index in [2.05, 4.69) is 19.2 Å². The zero-order chi connectivity index (χ0) is 13.9. The monoisotopic (exact) mass is 267 g/mol. The van der Waals surface area contributed by atoms with Gasteiger partial charge in [0.1, 0.15) is 0 Å². The Hall–Kier alpha value is -0.610. The van der Waals surface area contributed by atoms with Crippen molar-refractivity contribution in [1.29, 1.82) is 0 Å². The number of hydrogen-bond acceptors (Lipinski definition) is 3. The third-order valence-electron chi connectivity index (χ3n) is 4.60. The van der Waals surface area contributed by atoms with E-state index in [0.717, 1.165) is 25.9 Å². The molecule has 0 bridgehead atoms. The topological polar surface area (TPSA) is 58.4 Å². The highest BCUT2D eigenvalue weighted by Crippen LogP contribution is 2.37. The Kier molecular flexibility index (Phi) is 4.85. The SMILES string of the molecule is CC1(C)CCC(NC(CN)CC(=O)N2CCCC2)C1. The van der Waals surface area contributed by atoms with Crippen LogP contribution >= 0.6 is 0 Å². The number of hydrogen-bond donors (Lipinski definition) is 2. The quantitative estimate of drug-likeness (QED) is 0.793. The molecule has 2 fully saturated rings. The van der Waals surface area contributed by atoms with E-state index in [-0.39, 0.29) is 11.9 Å². The summed E-state index contributed by atoms with van der Waals surface area (Å²) in [5, 5.41) is 3.60. The summed E-state index contributed by atoms with van der Waals surface area (Å²) in [6, 6.07) is 0.682. The number of likely N-dealkylation sites (tertiary alicyclic amines) is 1. The van der Waals surface area contributed by atoms with E-state index in [1.807, 2.05) is 4.90 Å².